The van der Waals surface area contributed by atoms with Crippen LogP contribution < -0.4 is 16.0 Å². The summed E-state index contributed by atoms with van der Waals surface area (Å²) in [6, 6.07) is 5.32. The highest BCUT2D eigenvalue weighted by Gasteiger charge is 2.06. The summed E-state index contributed by atoms with van der Waals surface area (Å²) in [5.41, 5.74) is 5.50. The Bertz CT molecular complexity index is 676. The summed E-state index contributed by atoms with van der Waals surface area (Å²) in [6.07, 6.45) is 2.13. The first-order valence-electron chi connectivity index (χ1n) is 6.44. The predicted molar refractivity (Wildman–Crippen MR) is 78.2 cm³/mol. The minimum atomic E-state index is -0.413. The number of nitrogens with zero attached hydrogens (tertiary/aromatic N) is 2. The Labute approximate surface area is 126 Å². The van der Waals surface area contributed by atoms with E-state index in [9.17, 15) is 9.18 Å². The van der Waals surface area contributed by atoms with Gasteiger partial charge in [0.1, 0.15) is 11.6 Å². The monoisotopic (exact) mass is 311 g/mol. The van der Waals surface area contributed by atoms with Crippen LogP contribution in [0.1, 0.15) is 12.0 Å². The third-order valence-corrected chi connectivity index (χ3v) is 3.16. The molecule has 21 heavy (non-hydrogen) atoms. The second-order valence-electron chi connectivity index (χ2n) is 4.41. The van der Waals surface area contributed by atoms with Crippen molar-refractivity contribution in [2.24, 2.45) is 5.73 Å². The van der Waals surface area contributed by atoms with Gasteiger partial charge in [-0.15, -0.1) is 0 Å². The molecule has 0 fully saturated rings. The van der Waals surface area contributed by atoms with Crippen molar-refractivity contribution in [1.29, 1.82) is 0 Å². The van der Waals surface area contributed by atoms with E-state index in [1.807, 2.05) is 0 Å². The second-order valence-corrected chi connectivity index (χ2v) is 4.82. The van der Waals surface area contributed by atoms with Gasteiger partial charge in [-0.05, 0) is 36.7 Å². The summed E-state index contributed by atoms with van der Waals surface area (Å²) < 4.78 is 19.7. The summed E-state index contributed by atoms with van der Waals surface area (Å²) in [6.45, 7) is 1.04. The van der Waals surface area contributed by atoms with Gasteiger partial charge in [-0.2, -0.15) is 5.10 Å². The number of rotatable bonds is 6. The van der Waals surface area contributed by atoms with Crippen LogP contribution in [0.5, 0.6) is 5.75 Å². The quantitative estimate of drug-likeness (QED) is 0.826. The molecule has 0 atom stereocenters. The van der Waals surface area contributed by atoms with Crippen LogP contribution in [-0.4, -0.2) is 22.9 Å². The maximum atomic E-state index is 13.2. The van der Waals surface area contributed by atoms with Crippen LogP contribution in [-0.2, 0) is 6.54 Å². The van der Waals surface area contributed by atoms with Gasteiger partial charge in [0.25, 0.3) is 5.56 Å². The summed E-state index contributed by atoms with van der Waals surface area (Å²) in [5.74, 6) is -0.0285. The number of hydrogen-bond donors (Lipinski definition) is 1. The lowest BCUT2D eigenvalue weighted by Gasteiger charge is -2.08. The number of halogens is 2. The van der Waals surface area contributed by atoms with Gasteiger partial charge in [0.05, 0.1) is 19.3 Å². The van der Waals surface area contributed by atoms with Crippen LogP contribution in [0.15, 0.2) is 35.3 Å². The predicted octanol–water partition coefficient (Wildman–Crippen LogP) is 1.81. The molecule has 1 heterocycles. The van der Waals surface area contributed by atoms with Crippen molar-refractivity contribution in [1.82, 2.24) is 9.78 Å². The molecule has 2 aromatic rings. The first-order valence-corrected chi connectivity index (χ1v) is 6.82. The molecule has 112 valence electrons. The molecule has 7 heteroatoms. The van der Waals surface area contributed by atoms with Crippen molar-refractivity contribution in [3.05, 3.63) is 57.2 Å². The van der Waals surface area contributed by atoms with Crippen LogP contribution in [0.3, 0.4) is 0 Å². The molecule has 2 N–H and O–H groups in total. The van der Waals surface area contributed by atoms with E-state index >= 15 is 0 Å². The van der Waals surface area contributed by atoms with Gasteiger partial charge in [0, 0.05) is 11.1 Å². The van der Waals surface area contributed by atoms with E-state index in [1.54, 1.807) is 0 Å². The Hall–Kier alpha value is -1.92. The molecule has 0 aliphatic rings. The zero-order valence-corrected chi connectivity index (χ0v) is 12.0. The summed E-state index contributed by atoms with van der Waals surface area (Å²) >= 11 is 5.97. The van der Waals surface area contributed by atoms with Crippen molar-refractivity contribution < 1.29 is 9.13 Å². The zero-order valence-electron chi connectivity index (χ0n) is 11.3. The van der Waals surface area contributed by atoms with Crippen molar-refractivity contribution in [3.63, 3.8) is 0 Å². The smallest absolute Gasteiger partial charge is 0.270 e. The lowest BCUT2D eigenvalue weighted by Crippen LogP contribution is -2.23. The third kappa shape index (κ3) is 4.27. The highest BCUT2D eigenvalue weighted by atomic mass is 35.5. The largest absolute Gasteiger partial charge is 0.492 e. The van der Waals surface area contributed by atoms with Crippen LogP contribution in [0.25, 0.3) is 0 Å². The molecule has 0 saturated carbocycles. The van der Waals surface area contributed by atoms with E-state index in [0.717, 1.165) is 0 Å². The fourth-order valence-electron chi connectivity index (χ4n) is 1.71. The van der Waals surface area contributed by atoms with E-state index in [-0.39, 0.29) is 12.1 Å². The fourth-order valence-corrected chi connectivity index (χ4v) is 1.89. The average Bonchev–Trinajstić information content (AvgIpc) is 2.46. The average molecular weight is 312 g/mol. The van der Waals surface area contributed by atoms with Gasteiger partial charge in [-0.1, -0.05) is 11.6 Å². The number of hydrogen-bond acceptors (Lipinski definition) is 4. The molecule has 0 radical (unpaired) electrons. The van der Waals surface area contributed by atoms with Gasteiger partial charge in [0.15, 0.2) is 0 Å². The van der Waals surface area contributed by atoms with Gasteiger partial charge in [0.2, 0.25) is 0 Å². The highest BCUT2D eigenvalue weighted by Crippen LogP contribution is 2.17. The van der Waals surface area contributed by atoms with Crippen LogP contribution in [0.2, 0.25) is 5.02 Å². The van der Waals surface area contributed by atoms with E-state index in [4.69, 9.17) is 22.1 Å². The van der Waals surface area contributed by atoms with Crippen LogP contribution in [0, 0.1) is 5.82 Å². The molecular weight excluding hydrogens is 297 g/mol. The maximum absolute atomic E-state index is 13.2. The number of aromatic nitrogens is 2. The van der Waals surface area contributed by atoms with E-state index in [2.05, 4.69) is 5.10 Å². The Morgan fingerprint density at radius 1 is 1.38 bits per heavy atom. The molecule has 5 nitrogen and oxygen atoms in total. The Morgan fingerprint density at radius 2 is 2.19 bits per heavy atom. The van der Waals surface area contributed by atoms with Crippen molar-refractivity contribution in [2.75, 3.05) is 13.2 Å². The van der Waals surface area contributed by atoms with Crippen LogP contribution in [0.4, 0.5) is 4.39 Å². The molecular formula is C14H15ClFN3O2. The maximum Gasteiger partial charge on any atom is 0.270 e. The molecule has 1 aromatic carbocycles. The van der Waals surface area contributed by atoms with Crippen molar-refractivity contribution in [2.45, 2.75) is 13.0 Å². The first kappa shape index (κ1) is 15.5. The standard InChI is InChI=1S/C14H15ClFN3O2/c15-13-3-2-11(16)6-10(13)9-19-14(20)7-12(8-18-19)21-5-1-4-17/h2-3,6-8H,1,4-5,9,17H2. The molecule has 0 saturated heterocycles. The molecule has 0 aliphatic carbocycles. The first-order chi connectivity index (χ1) is 10.1. The Balaban J connectivity index is 2.14. The molecule has 2 rings (SSSR count). The SMILES string of the molecule is NCCCOc1cnn(Cc2cc(F)ccc2Cl)c(=O)c1. The van der Waals surface area contributed by atoms with E-state index in [1.165, 1.54) is 35.1 Å². The summed E-state index contributed by atoms with van der Waals surface area (Å²) in [5, 5.41) is 4.37. The zero-order chi connectivity index (χ0) is 15.2. The highest BCUT2D eigenvalue weighted by molar-refractivity contribution is 6.31. The normalized spacial score (nSPS) is 10.6. The lowest BCUT2D eigenvalue weighted by atomic mass is 10.2. The second kappa shape index (κ2) is 7.19. The number of ether oxygens (including phenoxy) is 1. The molecule has 0 aliphatic heterocycles. The Morgan fingerprint density at radius 3 is 2.90 bits per heavy atom. The lowest BCUT2D eigenvalue weighted by molar-refractivity contribution is 0.309. The summed E-state index contributed by atoms with van der Waals surface area (Å²) in [7, 11) is 0. The van der Waals surface area contributed by atoms with Gasteiger partial charge < -0.3 is 10.5 Å². The minimum Gasteiger partial charge on any atom is -0.492 e. The summed E-state index contributed by atoms with van der Waals surface area (Å²) in [4.78, 5) is 11.9. The Kier molecular flexibility index (Phi) is 5.30. The topological polar surface area (TPSA) is 70.1 Å². The molecule has 0 amide bonds. The van der Waals surface area contributed by atoms with E-state index in [0.29, 0.717) is 35.9 Å². The van der Waals surface area contributed by atoms with Crippen LogP contribution >= 0.6 is 11.6 Å². The fraction of sp³-hybridized carbons (Fsp3) is 0.286. The third-order valence-electron chi connectivity index (χ3n) is 2.79. The van der Waals surface area contributed by atoms with Crippen molar-refractivity contribution in [3.8, 4) is 5.75 Å². The van der Waals surface area contributed by atoms with Gasteiger partial charge >= 0.3 is 0 Å². The van der Waals surface area contributed by atoms with Gasteiger partial charge in [-0.25, -0.2) is 9.07 Å². The van der Waals surface area contributed by atoms with E-state index < -0.39 is 5.82 Å². The van der Waals surface area contributed by atoms with Gasteiger partial charge in [-0.3, -0.25) is 4.79 Å². The molecule has 0 unspecified atom stereocenters. The number of nitrogens with two attached hydrogens (primary N) is 1. The molecule has 0 spiro atoms. The minimum absolute atomic E-state index is 0.0957. The molecule has 0 bridgehead atoms. The number of benzene rings is 1. The molecule has 1 aromatic heterocycles. The van der Waals surface area contributed by atoms with Crippen molar-refractivity contribution >= 4 is 11.6 Å².